The summed E-state index contributed by atoms with van der Waals surface area (Å²) >= 11 is 0. The number of carbonyl (C=O) groups is 1. The first-order valence-electron chi connectivity index (χ1n) is 5.09. The van der Waals surface area contributed by atoms with Gasteiger partial charge in [-0.1, -0.05) is 0 Å². The van der Waals surface area contributed by atoms with Crippen molar-refractivity contribution in [3.63, 3.8) is 0 Å². The Balaban J connectivity index is 2.34. The second-order valence-corrected chi connectivity index (χ2v) is 3.75. The number of hydrogen-bond acceptors (Lipinski definition) is 5. The zero-order valence-electron chi connectivity index (χ0n) is 9.29. The smallest absolute Gasteiger partial charge is 0.242 e. The molecule has 1 atom stereocenters. The van der Waals surface area contributed by atoms with Gasteiger partial charge in [0, 0.05) is 19.9 Å². The Labute approximate surface area is 92.9 Å². The Hall–Kier alpha value is -1.76. The van der Waals surface area contributed by atoms with Crippen LogP contribution in [0.2, 0.25) is 0 Å². The Morgan fingerprint density at radius 3 is 2.88 bits per heavy atom. The van der Waals surface area contributed by atoms with Crippen LogP contribution in [0.3, 0.4) is 0 Å². The molecule has 0 saturated carbocycles. The van der Waals surface area contributed by atoms with Crippen LogP contribution in [0.25, 0.3) is 0 Å². The predicted molar refractivity (Wildman–Crippen MR) is 57.5 cm³/mol. The fourth-order valence-corrected chi connectivity index (χ4v) is 1.57. The van der Waals surface area contributed by atoms with E-state index in [0.29, 0.717) is 24.5 Å². The van der Waals surface area contributed by atoms with Crippen molar-refractivity contribution in [1.29, 1.82) is 0 Å². The van der Waals surface area contributed by atoms with Gasteiger partial charge in [-0.15, -0.1) is 0 Å². The minimum Gasteiger partial charge on any atom is -0.322 e. The third-order valence-corrected chi connectivity index (χ3v) is 2.41. The summed E-state index contributed by atoms with van der Waals surface area (Å²) in [6.45, 7) is 1.83. The van der Waals surface area contributed by atoms with Crippen LogP contribution in [-0.2, 0) is 4.79 Å². The lowest BCUT2D eigenvalue weighted by molar-refractivity contribution is -0.130. The van der Waals surface area contributed by atoms with E-state index in [2.05, 4.69) is 15.2 Å². The van der Waals surface area contributed by atoms with Crippen LogP contribution in [0, 0.1) is 0 Å². The van der Waals surface area contributed by atoms with Gasteiger partial charge in [-0.05, 0) is 6.92 Å². The van der Waals surface area contributed by atoms with E-state index in [4.69, 9.17) is 5.73 Å². The molecule has 2 heterocycles. The second-order valence-electron chi connectivity index (χ2n) is 3.75. The molecule has 1 aliphatic heterocycles. The maximum Gasteiger partial charge on any atom is 0.242 e. The van der Waals surface area contributed by atoms with E-state index < -0.39 is 0 Å². The van der Waals surface area contributed by atoms with E-state index in [0.717, 1.165) is 0 Å². The lowest BCUT2D eigenvalue weighted by Gasteiger charge is -2.20. The first-order valence-corrected chi connectivity index (χ1v) is 5.09. The van der Waals surface area contributed by atoms with Gasteiger partial charge in [0.1, 0.15) is 12.2 Å². The fraction of sp³-hybridized carbons (Fsp3) is 0.556. The zero-order chi connectivity index (χ0) is 11.7. The van der Waals surface area contributed by atoms with Crippen molar-refractivity contribution in [3.05, 3.63) is 12.2 Å². The molecule has 7 heteroatoms. The molecule has 0 radical (unpaired) electrons. The maximum absolute atomic E-state index is 11.3. The van der Waals surface area contributed by atoms with E-state index in [9.17, 15) is 4.79 Å². The summed E-state index contributed by atoms with van der Waals surface area (Å²) in [6.07, 6.45) is 2.44. The second kappa shape index (κ2) is 4.01. The van der Waals surface area contributed by atoms with Crippen molar-refractivity contribution in [2.75, 3.05) is 7.05 Å². The van der Waals surface area contributed by atoms with Crippen molar-refractivity contribution >= 4 is 11.7 Å². The van der Waals surface area contributed by atoms with Gasteiger partial charge >= 0.3 is 0 Å². The van der Waals surface area contributed by atoms with Crippen LogP contribution >= 0.6 is 0 Å². The molecular weight excluding hydrogens is 208 g/mol. The summed E-state index contributed by atoms with van der Waals surface area (Å²) in [4.78, 5) is 15.4. The summed E-state index contributed by atoms with van der Waals surface area (Å²) in [7, 11) is 1.63. The highest BCUT2D eigenvalue weighted by Gasteiger charge is 2.21. The van der Waals surface area contributed by atoms with Crippen LogP contribution in [-0.4, -0.2) is 38.6 Å². The van der Waals surface area contributed by atoms with E-state index >= 15 is 0 Å². The molecule has 0 bridgehead atoms. The number of nitrogens with zero attached hydrogens (tertiary/aromatic N) is 5. The van der Waals surface area contributed by atoms with Gasteiger partial charge in [0.25, 0.3) is 0 Å². The monoisotopic (exact) mass is 222 g/mol. The molecule has 0 spiro atoms. The van der Waals surface area contributed by atoms with Gasteiger partial charge in [0.2, 0.25) is 5.91 Å². The molecule has 1 unspecified atom stereocenters. The average molecular weight is 222 g/mol. The van der Waals surface area contributed by atoms with Gasteiger partial charge in [-0.2, -0.15) is 10.2 Å². The van der Waals surface area contributed by atoms with Crippen molar-refractivity contribution in [1.82, 2.24) is 19.8 Å². The molecule has 0 saturated heterocycles. The van der Waals surface area contributed by atoms with Crippen LogP contribution in [0.1, 0.15) is 31.6 Å². The molecule has 0 aliphatic carbocycles. The molecule has 1 aliphatic rings. The average Bonchev–Trinajstić information content (AvgIpc) is 2.71. The van der Waals surface area contributed by atoms with Crippen LogP contribution in [0.5, 0.6) is 0 Å². The minimum atomic E-state index is -0.215. The van der Waals surface area contributed by atoms with Gasteiger partial charge < -0.3 is 5.73 Å². The van der Waals surface area contributed by atoms with Gasteiger partial charge in [0.15, 0.2) is 5.84 Å². The summed E-state index contributed by atoms with van der Waals surface area (Å²) in [5.74, 6) is 1.36. The molecule has 16 heavy (non-hydrogen) atoms. The Morgan fingerprint density at radius 2 is 2.25 bits per heavy atom. The van der Waals surface area contributed by atoms with Crippen molar-refractivity contribution in [2.45, 2.75) is 25.8 Å². The van der Waals surface area contributed by atoms with Gasteiger partial charge in [-0.25, -0.2) is 14.7 Å². The molecule has 86 valence electrons. The number of hydrazone groups is 1. The quantitative estimate of drug-likeness (QED) is 0.707. The number of carbonyl (C=O) groups excluding carboxylic acids is 1. The third-order valence-electron chi connectivity index (χ3n) is 2.41. The number of nitrogens with two attached hydrogens (primary N) is 1. The van der Waals surface area contributed by atoms with Crippen molar-refractivity contribution < 1.29 is 4.79 Å². The number of hydrogen-bond donors (Lipinski definition) is 1. The highest BCUT2D eigenvalue weighted by atomic mass is 16.2. The predicted octanol–water partition coefficient (Wildman–Crippen LogP) is -0.288. The molecule has 2 rings (SSSR count). The summed E-state index contributed by atoms with van der Waals surface area (Å²) in [6, 6.07) is -0.215. The first kappa shape index (κ1) is 10.7. The molecule has 1 aromatic heterocycles. The number of aromatic nitrogens is 3. The van der Waals surface area contributed by atoms with Gasteiger partial charge in [-0.3, -0.25) is 4.79 Å². The standard InChI is InChI=1S/C9H14N6O/c1-6(10)9-11-5-12-15(9)7-3-4-8(16)14(2)13-7/h5-6H,3-4,10H2,1-2H3. The van der Waals surface area contributed by atoms with Crippen molar-refractivity contribution in [3.8, 4) is 0 Å². The van der Waals surface area contributed by atoms with E-state index in [1.807, 2.05) is 6.92 Å². The summed E-state index contributed by atoms with van der Waals surface area (Å²) < 4.78 is 1.60. The Bertz CT molecular complexity index is 435. The zero-order valence-corrected chi connectivity index (χ0v) is 9.29. The highest BCUT2D eigenvalue weighted by Crippen LogP contribution is 2.12. The molecule has 7 nitrogen and oxygen atoms in total. The van der Waals surface area contributed by atoms with Gasteiger partial charge in [0.05, 0.1) is 6.04 Å². The molecule has 0 aromatic carbocycles. The number of amides is 1. The van der Waals surface area contributed by atoms with Crippen LogP contribution < -0.4 is 5.73 Å². The van der Waals surface area contributed by atoms with Crippen molar-refractivity contribution in [2.24, 2.45) is 10.8 Å². The van der Waals surface area contributed by atoms with E-state index in [1.54, 1.807) is 11.7 Å². The third kappa shape index (κ3) is 1.81. The number of rotatable bonds is 1. The lowest BCUT2D eigenvalue weighted by atomic mass is 10.2. The van der Waals surface area contributed by atoms with E-state index in [-0.39, 0.29) is 11.9 Å². The molecule has 1 amide bonds. The summed E-state index contributed by atoms with van der Waals surface area (Å²) in [5.41, 5.74) is 5.77. The molecule has 2 N–H and O–H groups in total. The summed E-state index contributed by atoms with van der Waals surface area (Å²) in [5, 5.41) is 9.56. The lowest BCUT2D eigenvalue weighted by Crippen LogP contribution is -2.32. The topological polar surface area (TPSA) is 89.4 Å². The molecule has 1 aromatic rings. The maximum atomic E-state index is 11.3. The highest BCUT2D eigenvalue weighted by molar-refractivity contribution is 5.92. The Morgan fingerprint density at radius 1 is 1.50 bits per heavy atom. The van der Waals surface area contributed by atoms with Crippen LogP contribution in [0.15, 0.2) is 11.4 Å². The minimum absolute atomic E-state index is 0.00575. The first-order chi connectivity index (χ1) is 7.59. The molecular formula is C9H14N6O. The SMILES string of the molecule is CC(N)c1ncnn1C1=NN(C)C(=O)CC1. The molecule has 0 fully saturated rings. The van der Waals surface area contributed by atoms with E-state index in [1.165, 1.54) is 11.3 Å². The largest absolute Gasteiger partial charge is 0.322 e. The Kier molecular flexibility index (Phi) is 2.69. The normalized spacial score (nSPS) is 18.6. The van der Waals surface area contributed by atoms with Crippen LogP contribution in [0.4, 0.5) is 0 Å². The fourth-order valence-electron chi connectivity index (χ4n) is 1.57.